The van der Waals surface area contributed by atoms with Gasteiger partial charge in [0.1, 0.15) is 5.60 Å². The van der Waals surface area contributed by atoms with Gasteiger partial charge in [-0.05, 0) is 42.6 Å². The van der Waals surface area contributed by atoms with Crippen LogP contribution in [0.25, 0.3) is 0 Å². The molecule has 1 aliphatic rings. The number of methoxy groups -OCH3 is 1. The standard InChI is InChI=1S/C29H43NO5Si/c1-28(2,3)34-27(31)30-21-24(20-23(30)22-33-19-18-32-7)35-36(29(4,5)6,25-14-10-8-11-15-25)26-16-12-9-13-17-26/h8-17,23-24H,18-22H2,1-7H3/t23-,24-/m0/s1. The minimum absolute atomic E-state index is 0.125. The van der Waals surface area contributed by atoms with E-state index < -0.39 is 13.9 Å². The van der Waals surface area contributed by atoms with E-state index in [9.17, 15) is 4.79 Å². The Bertz CT molecular complexity index is 916. The van der Waals surface area contributed by atoms with Crippen LogP contribution >= 0.6 is 0 Å². The van der Waals surface area contributed by atoms with Crippen molar-refractivity contribution >= 4 is 24.8 Å². The fourth-order valence-electron chi connectivity index (χ4n) is 4.96. The molecule has 0 N–H and O–H groups in total. The summed E-state index contributed by atoms with van der Waals surface area (Å²) in [6.07, 6.45) is 0.229. The van der Waals surface area contributed by atoms with Crippen LogP contribution < -0.4 is 10.4 Å². The minimum Gasteiger partial charge on any atom is -0.444 e. The minimum atomic E-state index is -2.74. The zero-order valence-electron chi connectivity index (χ0n) is 23.0. The lowest BCUT2D eigenvalue weighted by Crippen LogP contribution is -2.67. The predicted octanol–water partition coefficient (Wildman–Crippen LogP) is 4.60. The van der Waals surface area contributed by atoms with Crippen LogP contribution in [0, 0.1) is 0 Å². The lowest BCUT2D eigenvalue weighted by Gasteiger charge is -2.44. The second-order valence-electron chi connectivity index (χ2n) is 11.5. The lowest BCUT2D eigenvalue weighted by atomic mass is 10.2. The molecule has 0 saturated carbocycles. The summed E-state index contributed by atoms with van der Waals surface area (Å²) in [5.74, 6) is 0. The molecule has 0 aliphatic carbocycles. The van der Waals surface area contributed by atoms with Crippen molar-refractivity contribution in [3.05, 3.63) is 60.7 Å². The van der Waals surface area contributed by atoms with Crippen molar-refractivity contribution in [1.82, 2.24) is 4.90 Å². The van der Waals surface area contributed by atoms with Crippen molar-refractivity contribution in [3.63, 3.8) is 0 Å². The average molecular weight is 514 g/mol. The number of carbonyl (C=O) groups excluding carboxylic acids is 1. The highest BCUT2D eigenvalue weighted by Gasteiger charge is 2.53. The lowest BCUT2D eigenvalue weighted by molar-refractivity contribution is 0.00475. The number of hydrogen-bond donors (Lipinski definition) is 0. The van der Waals surface area contributed by atoms with Gasteiger partial charge in [-0.25, -0.2) is 4.79 Å². The first kappa shape index (κ1) is 28.4. The van der Waals surface area contributed by atoms with Gasteiger partial charge in [0.05, 0.1) is 32.0 Å². The van der Waals surface area contributed by atoms with Crippen molar-refractivity contribution in [2.75, 3.05) is 33.5 Å². The summed E-state index contributed by atoms with van der Waals surface area (Å²) in [6.45, 7) is 14.4. The molecule has 1 heterocycles. The van der Waals surface area contributed by atoms with Crippen LogP contribution in [-0.4, -0.2) is 70.5 Å². The van der Waals surface area contributed by atoms with Crippen LogP contribution in [0.3, 0.4) is 0 Å². The summed E-state index contributed by atoms with van der Waals surface area (Å²) in [4.78, 5) is 15.0. The molecule has 198 valence electrons. The van der Waals surface area contributed by atoms with Crippen LogP contribution in [0.5, 0.6) is 0 Å². The second kappa shape index (κ2) is 11.9. The summed E-state index contributed by atoms with van der Waals surface area (Å²) < 4.78 is 24.1. The van der Waals surface area contributed by atoms with E-state index >= 15 is 0 Å². The number of hydrogen-bond acceptors (Lipinski definition) is 5. The van der Waals surface area contributed by atoms with Crippen LogP contribution in [0.15, 0.2) is 60.7 Å². The molecule has 7 heteroatoms. The number of likely N-dealkylation sites (tertiary alicyclic amines) is 1. The molecule has 0 unspecified atom stereocenters. The van der Waals surface area contributed by atoms with Gasteiger partial charge < -0.3 is 23.5 Å². The van der Waals surface area contributed by atoms with Gasteiger partial charge in [-0.15, -0.1) is 0 Å². The predicted molar refractivity (Wildman–Crippen MR) is 147 cm³/mol. The molecule has 2 atom stereocenters. The number of amides is 1. The summed E-state index contributed by atoms with van der Waals surface area (Å²) in [7, 11) is -1.09. The van der Waals surface area contributed by atoms with E-state index in [4.69, 9.17) is 18.6 Å². The molecule has 2 aromatic rings. The summed E-state index contributed by atoms with van der Waals surface area (Å²) in [6, 6.07) is 21.1. The van der Waals surface area contributed by atoms with E-state index in [1.165, 1.54) is 10.4 Å². The van der Waals surface area contributed by atoms with Crippen molar-refractivity contribution < 1.29 is 23.4 Å². The summed E-state index contributed by atoms with van der Waals surface area (Å²) in [5, 5.41) is 2.32. The molecule has 6 nitrogen and oxygen atoms in total. The number of rotatable bonds is 9. The Morgan fingerprint density at radius 3 is 1.94 bits per heavy atom. The Kier molecular flexibility index (Phi) is 9.38. The molecule has 2 aromatic carbocycles. The molecule has 0 radical (unpaired) electrons. The van der Waals surface area contributed by atoms with Gasteiger partial charge in [0.2, 0.25) is 0 Å². The molecule has 1 aliphatic heterocycles. The van der Waals surface area contributed by atoms with E-state index in [1.807, 2.05) is 32.9 Å². The first-order valence-corrected chi connectivity index (χ1v) is 14.7. The monoisotopic (exact) mass is 513 g/mol. The van der Waals surface area contributed by atoms with Gasteiger partial charge in [0.25, 0.3) is 8.32 Å². The second-order valence-corrected chi connectivity index (χ2v) is 15.7. The first-order valence-electron chi connectivity index (χ1n) is 12.8. The highest BCUT2D eigenvalue weighted by atomic mass is 28.4. The van der Waals surface area contributed by atoms with E-state index in [1.54, 1.807) is 12.0 Å². The smallest absolute Gasteiger partial charge is 0.410 e. The molecular weight excluding hydrogens is 470 g/mol. The molecule has 1 amide bonds. The summed E-state index contributed by atoms with van der Waals surface area (Å²) >= 11 is 0. The number of ether oxygens (including phenoxy) is 3. The molecule has 1 fully saturated rings. The van der Waals surface area contributed by atoms with Crippen molar-refractivity contribution in [2.45, 2.75) is 70.7 Å². The Morgan fingerprint density at radius 2 is 1.47 bits per heavy atom. The topological polar surface area (TPSA) is 57.2 Å². The zero-order valence-corrected chi connectivity index (χ0v) is 24.0. The van der Waals surface area contributed by atoms with Crippen LogP contribution in [0.4, 0.5) is 4.79 Å². The van der Waals surface area contributed by atoms with Gasteiger partial charge in [-0.1, -0.05) is 81.4 Å². The number of carbonyl (C=O) groups is 1. The van der Waals surface area contributed by atoms with E-state index in [0.717, 1.165) is 0 Å². The highest BCUT2D eigenvalue weighted by molar-refractivity contribution is 6.99. The van der Waals surface area contributed by atoms with Crippen molar-refractivity contribution in [3.8, 4) is 0 Å². The van der Waals surface area contributed by atoms with Crippen molar-refractivity contribution in [2.24, 2.45) is 0 Å². The van der Waals surface area contributed by atoms with Gasteiger partial charge in [-0.2, -0.15) is 0 Å². The fourth-order valence-corrected chi connectivity index (χ4v) is 9.65. The summed E-state index contributed by atoms with van der Waals surface area (Å²) in [5.41, 5.74) is -0.574. The highest BCUT2D eigenvalue weighted by Crippen LogP contribution is 2.39. The van der Waals surface area contributed by atoms with Crippen LogP contribution in [-0.2, 0) is 18.6 Å². The van der Waals surface area contributed by atoms with E-state index in [0.29, 0.717) is 32.8 Å². The SMILES string of the molecule is COCCOC[C@@H]1C[C@H](O[Si](c2ccccc2)(c2ccccc2)C(C)(C)C)CN1C(=O)OC(C)(C)C. The van der Waals surface area contributed by atoms with E-state index in [-0.39, 0.29) is 23.3 Å². The molecular formula is C29H43NO5Si. The third-order valence-electron chi connectivity index (χ3n) is 6.51. The maximum atomic E-state index is 13.2. The van der Waals surface area contributed by atoms with Crippen LogP contribution in [0.1, 0.15) is 48.0 Å². The first-order chi connectivity index (χ1) is 17.0. The number of nitrogens with zero attached hydrogens (tertiary/aromatic N) is 1. The molecule has 1 saturated heterocycles. The molecule has 3 rings (SSSR count). The maximum absolute atomic E-state index is 13.2. The van der Waals surface area contributed by atoms with E-state index in [2.05, 4.69) is 69.3 Å². The maximum Gasteiger partial charge on any atom is 0.410 e. The molecule has 0 aromatic heterocycles. The number of benzene rings is 2. The zero-order chi connectivity index (χ0) is 26.4. The van der Waals surface area contributed by atoms with Gasteiger partial charge >= 0.3 is 6.09 Å². The third-order valence-corrected chi connectivity index (χ3v) is 11.6. The van der Waals surface area contributed by atoms with Gasteiger partial charge in [-0.3, -0.25) is 0 Å². The Labute approximate surface area is 218 Å². The molecule has 0 spiro atoms. The fraction of sp³-hybridized carbons (Fsp3) is 0.552. The van der Waals surface area contributed by atoms with Crippen molar-refractivity contribution in [1.29, 1.82) is 0 Å². The largest absolute Gasteiger partial charge is 0.444 e. The van der Waals surface area contributed by atoms with Gasteiger partial charge in [0, 0.05) is 13.7 Å². The Balaban J connectivity index is 1.96. The Hall–Kier alpha value is -2.19. The third kappa shape index (κ3) is 6.76. The quantitative estimate of drug-likeness (QED) is 0.362. The normalized spacial score (nSPS) is 18.9. The van der Waals surface area contributed by atoms with Crippen LogP contribution in [0.2, 0.25) is 5.04 Å². The average Bonchev–Trinajstić information content (AvgIpc) is 3.22. The molecule has 0 bridgehead atoms. The Morgan fingerprint density at radius 1 is 0.917 bits per heavy atom. The molecule has 36 heavy (non-hydrogen) atoms. The van der Waals surface area contributed by atoms with Gasteiger partial charge in [0.15, 0.2) is 0 Å².